The number of nitrogens with one attached hydrogen (secondary N) is 1. The van der Waals surface area contributed by atoms with Crippen molar-refractivity contribution in [1.82, 2.24) is 5.32 Å². The molecule has 0 saturated heterocycles. The van der Waals surface area contributed by atoms with E-state index in [1.165, 1.54) is 6.92 Å². The summed E-state index contributed by atoms with van der Waals surface area (Å²) in [6.07, 6.45) is 1.76. The zero-order chi connectivity index (χ0) is 7.98. The van der Waals surface area contributed by atoms with E-state index in [1.807, 2.05) is 7.05 Å². The van der Waals surface area contributed by atoms with E-state index in [0.29, 0.717) is 0 Å². The Bertz CT molecular complexity index is 104. The molecule has 0 unspecified atom stereocenters. The van der Waals surface area contributed by atoms with Gasteiger partial charge in [0, 0.05) is 0 Å². The molecule has 0 spiro atoms. The lowest BCUT2D eigenvalue weighted by molar-refractivity contribution is -0.118. The van der Waals surface area contributed by atoms with E-state index >= 15 is 0 Å². The summed E-state index contributed by atoms with van der Waals surface area (Å²) in [5.41, 5.74) is 5.48. The summed E-state index contributed by atoms with van der Waals surface area (Å²) in [5.74, 6) is 0.0797. The van der Waals surface area contributed by atoms with Crippen LogP contribution in [0.2, 0.25) is 0 Å². The largest absolute Gasteiger partial charge is 0.322 e. The monoisotopic (exact) mass is 144 g/mol. The van der Waals surface area contributed by atoms with Crippen molar-refractivity contribution in [2.45, 2.75) is 25.8 Å². The highest BCUT2D eigenvalue weighted by molar-refractivity contribution is 5.80. The molecule has 0 saturated carbocycles. The Hall–Kier alpha value is -0.410. The molecule has 0 radical (unpaired) electrons. The number of Topliss-reactive ketones (excluding diaryl/α,β-unsaturated/α-hetero) is 1. The van der Waals surface area contributed by atoms with Crippen LogP contribution in [-0.4, -0.2) is 25.4 Å². The minimum atomic E-state index is -0.256. The predicted octanol–water partition coefficient (Wildman–Crippen LogP) is -0.0977. The first-order chi connectivity index (χ1) is 4.68. The van der Waals surface area contributed by atoms with Crippen LogP contribution in [0.5, 0.6) is 0 Å². The molecule has 0 heterocycles. The number of ketones is 1. The summed E-state index contributed by atoms with van der Waals surface area (Å²) in [5, 5.41) is 3.00. The third-order valence-electron chi connectivity index (χ3n) is 1.46. The molecule has 60 valence electrons. The van der Waals surface area contributed by atoms with Crippen LogP contribution in [0.1, 0.15) is 19.8 Å². The zero-order valence-electron chi connectivity index (χ0n) is 6.68. The van der Waals surface area contributed by atoms with Gasteiger partial charge in [-0.3, -0.25) is 4.79 Å². The summed E-state index contributed by atoms with van der Waals surface area (Å²) in [6.45, 7) is 2.46. The smallest absolute Gasteiger partial charge is 0.146 e. The van der Waals surface area contributed by atoms with Crippen LogP contribution in [0.25, 0.3) is 0 Å². The molecule has 3 heteroatoms. The molecule has 0 aliphatic rings. The van der Waals surface area contributed by atoms with Crippen molar-refractivity contribution in [2.75, 3.05) is 13.6 Å². The predicted molar refractivity (Wildman–Crippen MR) is 41.8 cm³/mol. The van der Waals surface area contributed by atoms with Crippen LogP contribution in [0, 0.1) is 0 Å². The lowest BCUT2D eigenvalue weighted by atomic mass is 10.1. The van der Waals surface area contributed by atoms with Crippen LogP contribution >= 0.6 is 0 Å². The first kappa shape index (κ1) is 9.59. The standard InChI is InChI=1S/C7H16N2O/c1-6(10)7(8)4-3-5-9-2/h7,9H,3-5,8H2,1-2H3/t7-/m1/s1. The second-order valence-corrected chi connectivity index (χ2v) is 2.46. The first-order valence-corrected chi connectivity index (χ1v) is 3.59. The van der Waals surface area contributed by atoms with Crippen LogP contribution in [0.3, 0.4) is 0 Å². The molecule has 0 aromatic heterocycles. The van der Waals surface area contributed by atoms with Crippen molar-refractivity contribution >= 4 is 5.78 Å². The van der Waals surface area contributed by atoms with Crippen LogP contribution in [-0.2, 0) is 4.79 Å². The SMILES string of the molecule is CNCCC[C@@H](N)C(C)=O. The maximum absolute atomic E-state index is 10.6. The van der Waals surface area contributed by atoms with Gasteiger partial charge in [-0.1, -0.05) is 0 Å². The summed E-state index contributed by atoms with van der Waals surface area (Å²) in [4.78, 5) is 10.6. The molecule has 0 rings (SSSR count). The zero-order valence-corrected chi connectivity index (χ0v) is 6.68. The fraction of sp³-hybridized carbons (Fsp3) is 0.857. The molecule has 0 aliphatic carbocycles. The minimum Gasteiger partial charge on any atom is -0.322 e. The molecule has 1 atom stereocenters. The Morgan fingerprint density at radius 2 is 2.30 bits per heavy atom. The maximum atomic E-state index is 10.6. The molecule has 3 nitrogen and oxygen atoms in total. The van der Waals surface area contributed by atoms with Gasteiger partial charge in [0.2, 0.25) is 0 Å². The number of nitrogens with two attached hydrogens (primary N) is 1. The molecule has 0 amide bonds. The van der Waals surface area contributed by atoms with E-state index < -0.39 is 0 Å². The fourth-order valence-electron chi connectivity index (χ4n) is 0.702. The number of hydrogen-bond acceptors (Lipinski definition) is 3. The molecule has 3 N–H and O–H groups in total. The van der Waals surface area contributed by atoms with Crippen LogP contribution in [0.15, 0.2) is 0 Å². The average Bonchev–Trinajstić information content (AvgIpc) is 1.88. The summed E-state index contributed by atoms with van der Waals surface area (Å²) >= 11 is 0. The van der Waals surface area contributed by atoms with Gasteiger partial charge in [0.05, 0.1) is 6.04 Å². The van der Waals surface area contributed by atoms with E-state index in [9.17, 15) is 4.79 Å². The molecule has 10 heavy (non-hydrogen) atoms. The third kappa shape index (κ3) is 4.47. The lowest BCUT2D eigenvalue weighted by Gasteiger charge is -2.05. The summed E-state index contributed by atoms with van der Waals surface area (Å²) in [6, 6.07) is -0.256. The topological polar surface area (TPSA) is 55.1 Å². The quantitative estimate of drug-likeness (QED) is 0.530. The highest BCUT2D eigenvalue weighted by Crippen LogP contribution is 1.93. The van der Waals surface area contributed by atoms with E-state index in [2.05, 4.69) is 5.32 Å². The highest BCUT2D eigenvalue weighted by Gasteiger charge is 2.05. The van der Waals surface area contributed by atoms with Crippen molar-refractivity contribution in [1.29, 1.82) is 0 Å². The van der Waals surface area contributed by atoms with E-state index in [4.69, 9.17) is 5.73 Å². The van der Waals surface area contributed by atoms with Crippen molar-refractivity contribution in [2.24, 2.45) is 5.73 Å². The molecule has 0 aromatic rings. The van der Waals surface area contributed by atoms with Gasteiger partial charge in [-0.15, -0.1) is 0 Å². The third-order valence-corrected chi connectivity index (χ3v) is 1.46. The Morgan fingerprint density at radius 3 is 2.70 bits per heavy atom. The number of carbonyl (C=O) groups excluding carboxylic acids is 1. The Labute approximate surface area is 62.0 Å². The highest BCUT2D eigenvalue weighted by atomic mass is 16.1. The normalized spacial score (nSPS) is 13.1. The first-order valence-electron chi connectivity index (χ1n) is 3.59. The minimum absolute atomic E-state index is 0.0797. The van der Waals surface area contributed by atoms with Gasteiger partial charge in [-0.05, 0) is 33.4 Å². The average molecular weight is 144 g/mol. The van der Waals surface area contributed by atoms with E-state index in [1.54, 1.807) is 0 Å². The molecule has 0 fully saturated rings. The number of hydrogen-bond donors (Lipinski definition) is 2. The summed E-state index contributed by atoms with van der Waals surface area (Å²) < 4.78 is 0. The Balaban J connectivity index is 3.21. The number of carbonyl (C=O) groups is 1. The van der Waals surface area contributed by atoms with Crippen LogP contribution in [0.4, 0.5) is 0 Å². The molecular weight excluding hydrogens is 128 g/mol. The van der Waals surface area contributed by atoms with Crippen molar-refractivity contribution in [3.05, 3.63) is 0 Å². The number of rotatable bonds is 5. The van der Waals surface area contributed by atoms with E-state index in [0.717, 1.165) is 19.4 Å². The van der Waals surface area contributed by atoms with Gasteiger partial charge >= 0.3 is 0 Å². The van der Waals surface area contributed by atoms with Gasteiger partial charge in [0.25, 0.3) is 0 Å². The van der Waals surface area contributed by atoms with Crippen LogP contribution < -0.4 is 11.1 Å². The van der Waals surface area contributed by atoms with Gasteiger partial charge in [0.1, 0.15) is 5.78 Å². The second-order valence-electron chi connectivity index (χ2n) is 2.46. The Morgan fingerprint density at radius 1 is 1.70 bits per heavy atom. The molecule has 0 aromatic carbocycles. The Kier molecular flexibility index (Phi) is 5.16. The maximum Gasteiger partial charge on any atom is 0.146 e. The van der Waals surface area contributed by atoms with Crippen molar-refractivity contribution in [3.63, 3.8) is 0 Å². The van der Waals surface area contributed by atoms with Gasteiger partial charge in [-0.2, -0.15) is 0 Å². The molecule has 0 aliphatic heterocycles. The van der Waals surface area contributed by atoms with Gasteiger partial charge in [-0.25, -0.2) is 0 Å². The van der Waals surface area contributed by atoms with Gasteiger partial charge in [0.15, 0.2) is 0 Å². The molecule has 0 bridgehead atoms. The van der Waals surface area contributed by atoms with E-state index in [-0.39, 0.29) is 11.8 Å². The fourth-order valence-corrected chi connectivity index (χ4v) is 0.702. The van der Waals surface area contributed by atoms with Crippen molar-refractivity contribution < 1.29 is 4.79 Å². The molecular formula is C7H16N2O. The summed E-state index contributed by atoms with van der Waals surface area (Å²) in [7, 11) is 1.89. The van der Waals surface area contributed by atoms with Crippen molar-refractivity contribution in [3.8, 4) is 0 Å². The second kappa shape index (κ2) is 5.38. The van der Waals surface area contributed by atoms with Gasteiger partial charge < -0.3 is 11.1 Å². The lowest BCUT2D eigenvalue weighted by Crippen LogP contribution is -2.28.